The lowest BCUT2D eigenvalue weighted by Crippen LogP contribution is -2.14. The maximum Gasteiger partial charge on any atom is 0.249 e. The molecule has 1 N–H and O–H groups in total. The zero-order chi connectivity index (χ0) is 20.8. The Hall–Kier alpha value is -3.25. The molecule has 0 fully saturated rings. The number of para-hydroxylation sites is 1. The van der Waals surface area contributed by atoms with E-state index >= 15 is 0 Å². The third-order valence-corrected chi connectivity index (χ3v) is 4.75. The summed E-state index contributed by atoms with van der Waals surface area (Å²) in [7, 11) is 3.18. The van der Waals surface area contributed by atoms with Crippen LogP contribution in [0.3, 0.4) is 0 Å². The van der Waals surface area contributed by atoms with E-state index in [1.165, 1.54) is 6.08 Å². The Kier molecular flexibility index (Phi) is 6.57. The van der Waals surface area contributed by atoms with E-state index in [1.54, 1.807) is 37.2 Å². The highest BCUT2D eigenvalue weighted by Gasteiger charge is 2.13. The minimum Gasteiger partial charge on any atom is -0.493 e. The molecule has 1 aromatic heterocycles. The SMILES string of the molecule is COc1cccc(Cn2nccc2NC(=O)/C=C(/C)c2ccccc2Cl)c1OC. The Morgan fingerprint density at radius 2 is 1.93 bits per heavy atom. The van der Waals surface area contributed by atoms with E-state index < -0.39 is 0 Å². The number of amides is 1. The second-order valence-electron chi connectivity index (χ2n) is 6.32. The fourth-order valence-electron chi connectivity index (χ4n) is 3.02. The number of benzene rings is 2. The van der Waals surface area contributed by atoms with E-state index in [1.807, 2.05) is 43.3 Å². The summed E-state index contributed by atoms with van der Waals surface area (Å²) in [5, 5.41) is 7.78. The number of carbonyl (C=O) groups excluding carboxylic acids is 1. The van der Waals surface area contributed by atoms with Crippen LogP contribution in [0.2, 0.25) is 5.02 Å². The molecule has 0 bridgehead atoms. The summed E-state index contributed by atoms with van der Waals surface area (Å²) in [5.74, 6) is 1.59. The fraction of sp³-hybridized carbons (Fsp3) is 0.182. The highest BCUT2D eigenvalue weighted by atomic mass is 35.5. The van der Waals surface area contributed by atoms with Gasteiger partial charge in [0.2, 0.25) is 5.91 Å². The van der Waals surface area contributed by atoms with Crippen LogP contribution in [-0.2, 0) is 11.3 Å². The van der Waals surface area contributed by atoms with Gasteiger partial charge in [-0.15, -0.1) is 0 Å². The summed E-state index contributed by atoms with van der Waals surface area (Å²) in [6, 6.07) is 14.8. The van der Waals surface area contributed by atoms with Gasteiger partial charge in [0.05, 0.1) is 27.0 Å². The molecule has 29 heavy (non-hydrogen) atoms. The van der Waals surface area contributed by atoms with Crippen molar-refractivity contribution < 1.29 is 14.3 Å². The second-order valence-corrected chi connectivity index (χ2v) is 6.73. The van der Waals surface area contributed by atoms with Crippen molar-refractivity contribution in [3.05, 3.63) is 77.0 Å². The molecular weight excluding hydrogens is 390 g/mol. The van der Waals surface area contributed by atoms with Crippen LogP contribution in [0.5, 0.6) is 11.5 Å². The smallest absolute Gasteiger partial charge is 0.249 e. The summed E-state index contributed by atoms with van der Waals surface area (Å²) in [4.78, 5) is 12.5. The average Bonchev–Trinajstić information content (AvgIpc) is 3.14. The van der Waals surface area contributed by atoms with Gasteiger partial charge >= 0.3 is 0 Å². The Morgan fingerprint density at radius 1 is 1.14 bits per heavy atom. The van der Waals surface area contributed by atoms with Crippen LogP contribution in [0.1, 0.15) is 18.1 Å². The quantitative estimate of drug-likeness (QED) is 0.575. The Morgan fingerprint density at radius 3 is 2.66 bits per heavy atom. The number of nitrogens with one attached hydrogen (secondary N) is 1. The number of aromatic nitrogens is 2. The zero-order valence-corrected chi connectivity index (χ0v) is 17.2. The van der Waals surface area contributed by atoms with Crippen molar-refractivity contribution in [2.75, 3.05) is 19.5 Å². The van der Waals surface area contributed by atoms with Gasteiger partial charge in [-0.3, -0.25) is 4.79 Å². The maximum atomic E-state index is 12.5. The molecule has 0 saturated carbocycles. The molecule has 0 aliphatic heterocycles. The highest BCUT2D eigenvalue weighted by Crippen LogP contribution is 2.31. The van der Waals surface area contributed by atoms with Gasteiger partial charge in [0.1, 0.15) is 5.82 Å². The van der Waals surface area contributed by atoms with Crippen LogP contribution in [0, 0.1) is 0 Å². The monoisotopic (exact) mass is 411 g/mol. The van der Waals surface area contributed by atoms with Gasteiger partial charge < -0.3 is 14.8 Å². The van der Waals surface area contributed by atoms with E-state index in [2.05, 4.69) is 10.4 Å². The predicted molar refractivity (Wildman–Crippen MR) is 115 cm³/mol. The van der Waals surface area contributed by atoms with Gasteiger partial charge in [0, 0.05) is 22.7 Å². The van der Waals surface area contributed by atoms with Crippen LogP contribution in [-0.4, -0.2) is 29.9 Å². The lowest BCUT2D eigenvalue weighted by atomic mass is 10.1. The first-order valence-corrected chi connectivity index (χ1v) is 9.37. The molecule has 0 aliphatic rings. The maximum absolute atomic E-state index is 12.5. The zero-order valence-electron chi connectivity index (χ0n) is 16.5. The molecule has 6 nitrogen and oxygen atoms in total. The van der Waals surface area contributed by atoms with Crippen molar-refractivity contribution in [2.24, 2.45) is 0 Å². The summed E-state index contributed by atoms with van der Waals surface area (Å²) in [5.41, 5.74) is 2.47. The molecule has 1 amide bonds. The standard InChI is InChI=1S/C22H22ClN3O3/c1-15(17-8-4-5-9-18(17)23)13-21(27)25-20-11-12-24-26(20)14-16-7-6-10-19(28-2)22(16)29-3/h4-13H,14H2,1-3H3,(H,25,27)/b15-13-. The number of carbonyl (C=O) groups is 1. The molecule has 1 heterocycles. The molecular formula is C22H22ClN3O3. The van der Waals surface area contributed by atoms with Crippen LogP contribution < -0.4 is 14.8 Å². The minimum absolute atomic E-state index is 0.262. The lowest BCUT2D eigenvalue weighted by Gasteiger charge is -2.14. The van der Waals surface area contributed by atoms with Gasteiger partial charge in [0.25, 0.3) is 0 Å². The van der Waals surface area contributed by atoms with Gasteiger partial charge in [-0.05, 0) is 30.2 Å². The third kappa shape index (κ3) is 4.78. The second kappa shape index (κ2) is 9.30. The largest absolute Gasteiger partial charge is 0.493 e. The number of hydrogen-bond donors (Lipinski definition) is 1. The molecule has 3 aromatic rings. The molecule has 0 atom stereocenters. The number of methoxy groups -OCH3 is 2. The lowest BCUT2D eigenvalue weighted by molar-refractivity contribution is -0.111. The van der Waals surface area contributed by atoms with Crippen molar-refractivity contribution in [3.8, 4) is 11.5 Å². The fourth-order valence-corrected chi connectivity index (χ4v) is 3.31. The van der Waals surface area contributed by atoms with E-state index in [-0.39, 0.29) is 5.91 Å². The number of nitrogens with zero attached hydrogens (tertiary/aromatic N) is 2. The number of hydrogen-bond acceptors (Lipinski definition) is 4. The number of ether oxygens (including phenoxy) is 2. The molecule has 0 unspecified atom stereocenters. The molecule has 0 spiro atoms. The molecule has 0 aliphatic carbocycles. The number of anilines is 1. The van der Waals surface area contributed by atoms with Crippen LogP contribution in [0.25, 0.3) is 5.57 Å². The molecule has 3 rings (SSSR count). The molecule has 7 heteroatoms. The van der Waals surface area contributed by atoms with E-state index in [0.717, 1.165) is 16.7 Å². The predicted octanol–water partition coefficient (Wildman–Crippen LogP) is 4.64. The molecule has 150 valence electrons. The van der Waals surface area contributed by atoms with Crippen LogP contribution >= 0.6 is 11.6 Å². The van der Waals surface area contributed by atoms with Crippen LogP contribution in [0.4, 0.5) is 5.82 Å². The third-order valence-electron chi connectivity index (χ3n) is 4.42. The summed E-state index contributed by atoms with van der Waals surface area (Å²) < 4.78 is 12.5. The van der Waals surface area contributed by atoms with Gasteiger partial charge in [-0.2, -0.15) is 5.10 Å². The number of rotatable bonds is 7. The van der Waals surface area contributed by atoms with Crippen molar-refractivity contribution in [2.45, 2.75) is 13.5 Å². The van der Waals surface area contributed by atoms with Crippen molar-refractivity contribution in [1.82, 2.24) is 9.78 Å². The van der Waals surface area contributed by atoms with Gasteiger partial charge in [-0.25, -0.2) is 4.68 Å². The van der Waals surface area contributed by atoms with Crippen LogP contribution in [0.15, 0.2) is 60.8 Å². The normalized spacial score (nSPS) is 11.2. The van der Waals surface area contributed by atoms with Crippen molar-refractivity contribution in [1.29, 1.82) is 0 Å². The summed E-state index contributed by atoms with van der Waals surface area (Å²) in [6.45, 7) is 2.26. The van der Waals surface area contributed by atoms with Gasteiger partial charge in [0.15, 0.2) is 11.5 Å². The van der Waals surface area contributed by atoms with Crippen molar-refractivity contribution >= 4 is 28.9 Å². The highest BCUT2D eigenvalue weighted by molar-refractivity contribution is 6.32. The average molecular weight is 412 g/mol. The van der Waals surface area contributed by atoms with E-state index in [4.69, 9.17) is 21.1 Å². The summed E-state index contributed by atoms with van der Waals surface area (Å²) in [6.07, 6.45) is 3.15. The molecule has 0 radical (unpaired) electrons. The first kappa shape index (κ1) is 20.5. The first-order chi connectivity index (χ1) is 14.0. The minimum atomic E-state index is -0.262. The summed E-state index contributed by atoms with van der Waals surface area (Å²) >= 11 is 6.21. The topological polar surface area (TPSA) is 65.4 Å². The molecule has 2 aromatic carbocycles. The number of halogens is 1. The Bertz CT molecular complexity index is 1040. The Labute approximate surface area is 174 Å². The first-order valence-electron chi connectivity index (χ1n) is 8.99. The number of allylic oxidation sites excluding steroid dienone is 1. The molecule has 0 saturated heterocycles. The van der Waals surface area contributed by atoms with Gasteiger partial charge in [-0.1, -0.05) is 41.9 Å². The van der Waals surface area contributed by atoms with Crippen molar-refractivity contribution in [3.63, 3.8) is 0 Å². The Balaban J connectivity index is 1.78. The van der Waals surface area contributed by atoms with E-state index in [9.17, 15) is 4.79 Å². The van der Waals surface area contributed by atoms with E-state index in [0.29, 0.717) is 28.9 Å².